The molecule has 21 heavy (non-hydrogen) atoms. The highest BCUT2D eigenvalue weighted by molar-refractivity contribution is 5.66. The molecule has 0 unspecified atom stereocenters. The van der Waals surface area contributed by atoms with Crippen molar-refractivity contribution in [1.82, 2.24) is 0 Å². The van der Waals surface area contributed by atoms with Crippen molar-refractivity contribution in [1.29, 1.82) is 5.26 Å². The van der Waals surface area contributed by atoms with Crippen LogP contribution in [0.15, 0.2) is 18.2 Å². The van der Waals surface area contributed by atoms with Gasteiger partial charge in [-0.15, -0.1) is 0 Å². The van der Waals surface area contributed by atoms with Gasteiger partial charge in [-0.3, -0.25) is 4.79 Å². The minimum Gasteiger partial charge on any atom is -0.493 e. The summed E-state index contributed by atoms with van der Waals surface area (Å²) in [6, 6.07) is 4.78. The number of nitriles is 1. The Kier molecular flexibility index (Phi) is 6.03. The quantitative estimate of drug-likeness (QED) is 0.781. The van der Waals surface area contributed by atoms with Crippen LogP contribution in [0.5, 0.6) is 5.75 Å². The van der Waals surface area contributed by atoms with E-state index in [1.165, 1.54) is 6.07 Å². The fraction of sp³-hybridized carbons (Fsp3) is 0.429. The summed E-state index contributed by atoms with van der Waals surface area (Å²) in [7, 11) is 0. The molecule has 1 aromatic rings. The molecule has 0 aliphatic carbocycles. The van der Waals surface area contributed by atoms with Gasteiger partial charge in [0.15, 0.2) is 0 Å². The number of ether oxygens (including phenoxy) is 1. The smallest absolute Gasteiger partial charge is 0.420 e. The first-order chi connectivity index (χ1) is 9.84. The Hall–Kier alpha value is -2.23. The van der Waals surface area contributed by atoms with Crippen molar-refractivity contribution in [3.05, 3.63) is 29.3 Å². The van der Waals surface area contributed by atoms with Gasteiger partial charge in [-0.05, 0) is 37.5 Å². The Bertz CT molecular complexity index is 535. The van der Waals surface area contributed by atoms with E-state index in [-0.39, 0.29) is 24.3 Å². The molecule has 0 aromatic heterocycles. The first-order valence-electron chi connectivity index (χ1n) is 6.30. The zero-order valence-corrected chi connectivity index (χ0v) is 11.1. The lowest BCUT2D eigenvalue weighted by molar-refractivity contribution is -0.139. The summed E-state index contributed by atoms with van der Waals surface area (Å²) in [6.07, 6.45) is -3.08. The van der Waals surface area contributed by atoms with Gasteiger partial charge in [-0.2, -0.15) is 18.4 Å². The van der Waals surface area contributed by atoms with Crippen LogP contribution in [0, 0.1) is 11.3 Å². The molecule has 0 saturated carbocycles. The molecule has 1 N–H and O–H groups in total. The highest BCUT2D eigenvalue weighted by atomic mass is 19.4. The number of rotatable bonds is 7. The van der Waals surface area contributed by atoms with Crippen LogP contribution in [-0.4, -0.2) is 17.7 Å². The number of alkyl halides is 3. The van der Waals surface area contributed by atoms with Crippen LogP contribution in [0.3, 0.4) is 0 Å². The second-order valence-corrected chi connectivity index (χ2v) is 4.37. The predicted molar refractivity (Wildman–Crippen MR) is 67.8 cm³/mol. The van der Waals surface area contributed by atoms with Crippen molar-refractivity contribution in [2.24, 2.45) is 0 Å². The highest BCUT2D eigenvalue weighted by Gasteiger charge is 2.34. The average Bonchev–Trinajstić information content (AvgIpc) is 2.41. The van der Waals surface area contributed by atoms with Crippen LogP contribution >= 0.6 is 0 Å². The second kappa shape index (κ2) is 7.53. The van der Waals surface area contributed by atoms with E-state index in [0.717, 1.165) is 12.1 Å². The van der Waals surface area contributed by atoms with E-state index in [4.69, 9.17) is 15.1 Å². The van der Waals surface area contributed by atoms with Gasteiger partial charge in [0.1, 0.15) is 5.75 Å². The Morgan fingerprint density at radius 3 is 2.57 bits per heavy atom. The van der Waals surface area contributed by atoms with Gasteiger partial charge in [0, 0.05) is 6.42 Å². The minimum atomic E-state index is -4.59. The lowest BCUT2D eigenvalue weighted by atomic mass is 10.1. The van der Waals surface area contributed by atoms with E-state index >= 15 is 0 Å². The molecule has 0 saturated heterocycles. The molecule has 0 bridgehead atoms. The van der Waals surface area contributed by atoms with Crippen molar-refractivity contribution in [3.63, 3.8) is 0 Å². The van der Waals surface area contributed by atoms with E-state index < -0.39 is 17.7 Å². The highest BCUT2D eigenvalue weighted by Crippen LogP contribution is 2.36. The Morgan fingerprint density at radius 1 is 1.29 bits per heavy atom. The summed E-state index contributed by atoms with van der Waals surface area (Å²) < 4.78 is 43.6. The molecule has 1 aromatic carbocycles. The van der Waals surface area contributed by atoms with Crippen LogP contribution in [-0.2, 0) is 11.0 Å². The van der Waals surface area contributed by atoms with Crippen LogP contribution in [0.4, 0.5) is 13.2 Å². The van der Waals surface area contributed by atoms with E-state index in [2.05, 4.69) is 0 Å². The number of carboxylic acid groups (broad SMARTS) is 1. The summed E-state index contributed by atoms with van der Waals surface area (Å²) in [4.78, 5) is 10.3. The lowest BCUT2D eigenvalue weighted by Crippen LogP contribution is -2.10. The number of carbonyl (C=O) groups is 1. The standard InChI is InChI=1S/C14H14F3NO3/c15-14(16,17)11-8-10(9-18)5-6-12(11)21-7-3-1-2-4-13(19)20/h5-6,8H,1-4,7H2,(H,19,20). The van der Waals surface area contributed by atoms with Crippen LogP contribution in [0.1, 0.15) is 36.8 Å². The molecular formula is C14H14F3NO3. The monoisotopic (exact) mass is 301 g/mol. The summed E-state index contributed by atoms with van der Waals surface area (Å²) >= 11 is 0. The zero-order valence-electron chi connectivity index (χ0n) is 11.1. The van der Waals surface area contributed by atoms with Gasteiger partial charge in [0.2, 0.25) is 0 Å². The molecule has 0 spiro atoms. The van der Waals surface area contributed by atoms with E-state index in [0.29, 0.717) is 19.3 Å². The molecule has 0 atom stereocenters. The Morgan fingerprint density at radius 2 is 2.00 bits per heavy atom. The van der Waals surface area contributed by atoms with Gasteiger partial charge in [-0.1, -0.05) is 0 Å². The van der Waals surface area contributed by atoms with Crippen molar-refractivity contribution in [3.8, 4) is 11.8 Å². The van der Waals surface area contributed by atoms with Gasteiger partial charge in [0.25, 0.3) is 0 Å². The van der Waals surface area contributed by atoms with Crippen molar-refractivity contribution in [2.45, 2.75) is 31.9 Å². The summed E-state index contributed by atoms with van der Waals surface area (Å²) in [6.45, 7) is 0.0641. The normalized spacial score (nSPS) is 11.0. The number of carboxylic acids is 1. The van der Waals surface area contributed by atoms with E-state index in [1.54, 1.807) is 6.07 Å². The number of hydrogen-bond acceptors (Lipinski definition) is 3. The topological polar surface area (TPSA) is 70.3 Å². The third-order valence-corrected chi connectivity index (χ3v) is 2.71. The molecule has 7 heteroatoms. The van der Waals surface area contributed by atoms with Crippen molar-refractivity contribution in [2.75, 3.05) is 6.61 Å². The number of aliphatic carboxylic acids is 1. The zero-order chi connectivity index (χ0) is 15.9. The Balaban J connectivity index is 2.59. The third-order valence-electron chi connectivity index (χ3n) is 2.71. The van der Waals surface area contributed by atoms with Crippen LogP contribution in [0.25, 0.3) is 0 Å². The number of unbranched alkanes of at least 4 members (excludes halogenated alkanes) is 2. The lowest BCUT2D eigenvalue weighted by Gasteiger charge is -2.14. The predicted octanol–water partition coefficient (Wildman–Crippen LogP) is 3.60. The largest absolute Gasteiger partial charge is 0.493 e. The summed E-state index contributed by atoms with van der Waals surface area (Å²) in [5, 5.41) is 17.1. The third kappa shape index (κ3) is 5.73. The number of nitrogens with zero attached hydrogens (tertiary/aromatic N) is 1. The van der Waals surface area contributed by atoms with E-state index in [9.17, 15) is 18.0 Å². The molecule has 0 amide bonds. The van der Waals surface area contributed by atoms with Gasteiger partial charge < -0.3 is 9.84 Å². The van der Waals surface area contributed by atoms with Gasteiger partial charge in [-0.25, -0.2) is 0 Å². The van der Waals surface area contributed by atoms with E-state index in [1.807, 2.05) is 0 Å². The maximum absolute atomic E-state index is 12.8. The molecule has 0 aliphatic heterocycles. The molecular weight excluding hydrogens is 287 g/mol. The first kappa shape index (κ1) is 16.8. The van der Waals surface area contributed by atoms with Crippen LogP contribution < -0.4 is 4.74 Å². The molecule has 114 valence electrons. The fourth-order valence-electron chi connectivity index (χ4n) is 1.68. The van der Waals surface area contributed by atoms with Crippen molar-refractivity contribution >= 4 is 5.97 Å². The second-order valence-electron chi connectivity index (χ2n) is 4.37. The molecule has 0 heterocycles. The molecule has 1 rings (SSSR count). The van der Waals surface area contributed by atoms with Crippen molar-refractivity contribution < 1.29 is 27.8 Å². The van der Waals surface area contributed by atoms with Gasteiger partial charge in [0.05, 0.1) is 23.8 Å². The summed E-state index contributed by atoms with van der Waals surface area (Å²) in [5.74, 6) is -1.22. The van der Waals surface area contributed by atoms with Crippen LogP contribution in [0.2, 0.25) is 0 Å². The number of hydrogen-bond donors (Lipinski definition) is 1. The fourth-order valence-corrected chi connectivity index (χ4v) is 1.68. The van der Waals surface area contributed by atoms with Gasteiger partial charge >= 0.3 is 12.1 Å². The number of benzene rings is 1. The minimum absolute atomic E-state index is 0.0324. The average molecular weight is 301 g/mol. The molecule has 0 fully saturated rings. The summed E-state index contributed by atoms with van der Waals surface area (Å²) in [5.41, 5.74) is -1.07. The maximum Gasteiger partial charge on any atom is 0.420 e. The number of halogens is 3. The molecule has 4 nitrogen and oxygen atoms in total. The SMILES string of the molecule is N#Cc1ccc(OCCCCCC(=O)O)c(C(F)(F)F)c1. The first-order valence-corrected chi connectivity index (χ1v) is 6.30. The molecule has 0 radical (unpaired) electrons. The Labute approximate surface area is 119 Å². The maximum atomic E-state index is 12.8. The molecule has 0 aliphatic rings.